The lowest BCUT2D eigenvalue weighted by Gasteiger charge is -2.44. The zero-order valence-corrected chi connectivity index (χ0v) is 61.9. The standard InChI is InChI=1S/C98H80B2N4O2/c1-58-24-45-83-81(48-58)100-80-44-23-61(4)51-86(80)104(72-39-31-67(32-40-72)97(7,8)9)90-55-62(5)52-87(93(90)100)101(83)69-35-27-66(28-36-69)74-18-15-20-77-78-56-64(26-47-92(78)106-96(74)77)57-98(10,11)68-33-41-71(42-34-68)102-84-46-25-59(2)49-82(84)99-79-43-22-60(3)50-85(79)103(89-54-63(6)53-88(102)94(89)99)70-37-29-65(30-38-70)73-17-14-19-76-75-16-12-13-21-91(75)105-95(73)76/h12-56H,57H2,1-11H3. The van der Waals surface area contributed by atoms with Gasteiger partial charge in [0.1, 0.15) is 22.3 Å². The second-order valence-electron chi connectivity index (χ2n) is 32.3. The first-order valence-electron chi connectivity index (χ1n) is 37.5. The fourth-order valence-electron chi connectivity index (χ4n) is 18.4. The van der Waals surface area contributed by atoms with Crippen LogP contribution in [0.4, 0.5) is 68.2 Å². The molecule has 20 rings (SSSR count). The van der Waals surface area contributed by atoms with Crippen molar-refractivity contribution in [3.05, 3.63) is 323 Å². The van der Waals surface area contributed by atoms with Crippen molar-refractivity contribution in [3.63, 3.8) is 0 Å². The molecule has 4 aliphatic rings. The first-order valence-corrected chi connectivity index (χ1v) is 37.5. The van der Waals surface area contributed by atoms with E-state index in [0.29, 0.717) is 0 Å². The number of furan rings is 2. The van der Waals surface area contributed by atoms with Gasteiger partial charge in [0.2, 0.25) is 0 Å². The highest BCUT2D eigenvalue weighted by Crippen LogP contribution is 2.50. The summed E-state index contributed by atoms with van der Waals surface area (Å²) in [5, 5.41) is 4.53. The number of nitrogens with zero attached hydrogens (tertiary/aromatic N) is 4. The van der Waals surface area contributed by atoms with Crippen molar-refractivity contribution < 1.29 is 8.83 Å². The van der Waals surface area contributed by atoms with Gasteiger partial charge < -0.3 is 28.4 Å². The lowest BCUT2D eigenvalue weighted by Crippen LogP contribution is -2.61. The largest absolute Gasteiger partial charge is 0.455 e. The molecule has 2 aromatic heterocycles. The molecule has 16 aromatic rings. The minimum Gasteiger partial charge on any atom is -0.455 e. The normalized spacial score (nSPS) is 13.5. The lowest BCUT2D eigenvalue weighted by molar-refractivity contribution is 0.522. The fraction of sp³-hybridized carbons (Fsp3) is 0.143. The molecule has 0 aliphatic carbocycles. The van der Waals surface area contributed by atoms with Crippen LogP contribution in [0, 0.1) is 41.5 Å². The average Bonchev–Trinajstić information content (AvgIpc) is 1.01. The van der Waals surface area contributed by atoms with E-state index < -0.39 is 0 Å². The molecule has 0 saturated heterocycles. The molecule has 0 unspecified atom stereocenters. The number of rotatable bonds is 9. The van der Waals surface area contributed by atoms with E-state index >= 15 is 0 Å². The number of para-hydroxylation sites is 3. The smallest absolute Gasteiger partial charge is 0.252 e. The predicted octanol–water partition coefficient (Wildman–Crippen LogP) is 22.7. The molecule has 0 bridgehead atoms. The maximum absolute atomic E-state index is 6.94. The van der Waals surface area contributed by atoms with Crippen LogP contribution in [0.3, 0.4) is 0 Å². The Bertz CT molecular complexity index is 6350. The Balaban J connectivity index is 0.609. The quantitative estimate of drug-likeness (QED) is 0.134. The maximum Gasteiger partial charge on any atom is 0.252 e. The fourth-order valence-corrected chi connectivity index (χ4v) is 18.4. The molecular formula is C98H80B2N4O2. The van der Waals surface area contributed by atoms with E-state index in [1.54, 1.807) is 0 Å². The van der Waals surface area contributed by atoms with Gasteiger partial charge >= 0.3 is 0 Å². The molecule has 510 valence electrons. The summed E-state index contributed by atoms with van der Waals surface area (Å²) in [6, 6.07) is 103. The molecule has 0 N–H and O–H groups in total. The van der Waals surface area contributed by atoms with Crippen LogP contribution in [0.5, 0.6) is 0 Å². The third-order valence-electron chi connectivity index (χ3n) is 23.4. The molecule has 0 amide bonds. The number of benzene rings is 14. The van der Waals surface area contributed by atoms with Gasteiger partial charge in [-0.3, -0.25) is 0 Å². The Kier molecular flexibility index (Phi) is 14.1. The lowest BCUT2D eigenvalue weighted by atomic mass is 9.33. The molecule has 0 atom stereocenters. The molecule has 0 radical (unpaired) electrons. The summed E-state index contributed by atoms with van der Waals surface area (Å²) < 4.78 is 13.5. The Morgan fingerprint density at radius 1 is 0.292 bits per heavy atom. The van der Waals surface area contributed by atoms with Crippen LogP contribution in [0.2, 0.25) is 0 Å². The highest BCUT2D eigenvalue weighted by molar-refractivity contribution is 7.01. The molecule has 8 heteroatoms. The van der Waals surface area contributed by atoms with Gasteiger partial charge in [-0.05, 0) is 257 Å². The van der Waals surface area contributed by atoms with E-state index in [0.717, 1.165) is 89.6 Å². The summed E-state index contributed by atoms with van der Waals surface area (Å²) in [7, 11) is 0. The van der Waals surface area contributed by atoms with Crippen LogP contribution in [0.1, 0.15) is 84.7 Å². The molecule has 6 heterocycles. The second-order valence-corrected chi connectivity index (χ2v) is 32.3. The Hall–Kier alpha value is -12.0. The topological polar surface area (TPSA) is 39.2 Å². The predicted molar refractivity (Wildman–Crippen MR) is 450 cm³/mol. The van der Waals surface area contributed by atoms with Gasteiger partial charge in [-0.2, -0.15) is 0 Å². The summed E-state index contributed by atoms with van der Waals surface area (Å²) in [6.45, 7) is 25.1. The van der Waals surface area contributed by atoms with Gasteiger partial charge in [-0.15, -0.1) is 0 Å². The van der Waals surface area contributed by atoms with Crippen molar-refractivity contribution in [3.8, 4) is 22.3 Å². The highest BCUT2D eigenvalue weighted by Gasteiger charge is 2.46. The highest BCUT2D eigenvalue weighted by atomic mass is 16.3. The van der Waals surface area contributed by atoms with Crippen molar-refractivity contribution >= 4 is 158 Å². The van der Waals surface area contributed by atoms with E-state index in [1.807, 2.05) is 6.07 Å². The minimum atomic E-state index is -0.201. The Morgan fingerprint density at radius 2 is 0.679 bits per heavy atom. The van der Waals surface area contributed by atoms with Crippen LogP contribution in [0.15, 0.2) is 282 Å². The summed E-state index contributed by atoms with van der Waals surface area (Å²) in [6.07, 6.45) is 0.846. The third-order valence-corrected chi connectivity index (χ3v) is 23.4. The van der Waals surface area contributed by atoms with Crippen LogP contribution in [-0.2, 0) is 17.3 Å². The molecular weight excluding hydrogens is 1290 g/mol. The van der Waals surface area contributed by atoms with E-state index in [4.69, 9.17) is 8.83 Å². The van der Waals surface area contributed by atoms with Crippen LogP contribution >= 0.6 is 0 Å². The SMILES string of the molecule is Cc1ccc2c(c1)B1c3ccc(C)cc3N(c3ccc(-c4cccc5c4oc4ccccc45)cc3)c3cc(C)cc(c31)N2c1ccc(C(C)(C)Cc2ccc3oc4c(-c5ccc(N6c7ccc(C)cc7B7c8ccc(C)cc8N(c8ccc(C(C)(C)C)cc8)c8cc(C)cc6c87)cc5)cccc4c3c2)cc1. The second kappa shape index (κ2) is 23.5. The third kappa shape index (κ3) is 9.93. The zero-order valence-electron chi connectivity index (χ0n) is 61.9. The molecule has 0 saturated carbocycles. The number of hydrogen-bond acceptors (Lipinski definition) is 6. The maximum atomic E-state index is 6.94. The number of hydrogen-bond donors (Lipinski definition) is 0. The molecule has 106 heavy (non-hydrogen) atoms. The van der Waals surface area contributed by atoms with Crippen molar-refractivity contribution in [1.29, 1.82) is 0 Å². The van der Waals surface area contributed by atoms with E-state index in [1.165, 1.54) is 134 Å². The van der Waals surface area contributed by atoms with Crippen molar-refractivity contribution in [2.45, 2.75) is 93.4 Å². The summed E-state index contributed by atoms with van der Waals surface area (Å²) in [4.78, 5) is 10.1. The minimum absolute atomic E-state index is 0.0360. The Morgan fingerprint density at radius 3 is 1.15 bits per heavy atom. The number of fused-ring (bicyclic) bond motifs is 14. The van der Waals surface area contributed by atoms with E-state index in [-0.39, 0.29) is 24.3 Å². The molecule has 6 nitrogen and oxygen atoms in total. The average molecular weight is 1370 g/mol. The summed E-state index contributed by atoms with van der Waals surface area (Å²) >= 11 is 0. The van der Waals surface area contributed by atoms with Crippen LogP contribution < -0.4 is 52.4 Å². The van der Waals surface area contributed by atoms with Gasteiger partial charge in [0.25, 0.3) is 13.4 Å². The van der Waals surface area contributed by atoms with Crippen LogP contribution in [0.25, 0.3) is 66.1 Å². The first-order chi connectivity index (χ1) is 51.3. The van der Waals surface area contributed by atoms with Crippen molar-refractivity contribution in [1.82, 2.24) is 0 Å². The van der Waals surface area contributed by atoms with Gasteiger partial charge in [-0.25, -0.2) is 0 Å². The van der Waals surface area contributed by atoms with Gasteiger partial charge in [0.05, 0.1) is 0 Å². The molecule has 0 spiro atoms. The van der Waals surface area contributed by atoms with Crippen molar-refractivity contribution in [2.24, 2.45) is 0 Å². The first kappa shape index (κ1) is 63.7. The van der Waals surface area contributed by atoms with Gasteiger partial charge in [0.15, 0.2) is 0 Å². The monoisotopic (exact) mass is 1370 g/mol. The molecule has 0 fully saturated rings. The molecule has 4 aliphatic heterocycles. The summed E-state index contributed by atoms with van der Waals surface area (Å²) in [5.74, 6) is 0. The van der Waals surface area contributed by atoms with E-state index in [9.17, 15) is 0 Å². The summed E-state index contributed by atoms with van der Waals surface area (Å²) in [5.41, 5.74) is 41.4. The number of aryl methyl sites for hydroxylation is 6. The zero-order chi connectivity index (χ0) is 71.9. The van der Waals surface area contributed by atoms with E-state index in [2.05, 4.69) is 363 Å². The Labute approximate surface area is 621 Å². The van der Waals surface area contributed by atoms with Crippen LogP contribution in [-0.4, -0.2) is 13.4 Å². The van der Waals surface area contributed by atoms with Gasteiger partial charge in [0, 0.05) is 101 Å². The van der Waals surface area contributed by atoms with Crippen molar-refractivity contribution in [2.75, 3.05) is 19.6 Å². The number of anilines is 12. The van der Waals surface area contributed by atoms with Gasteiger partial charge in [-0.1, -0.05) is 203 Å². The molecule has 14 aromatic carbocycles.